The summed E-state index contributed by atoms with van der Waals surface area (Å²) in [7, 11) is 0. The summed E-state index contributed by atoms with van der Waals surface area (Å²) in [5.74, 6) is 2.59. The van der Waals surface area contributed by atoms with Crippen LogP contribution in [0.4, 0.5) is 0 Å². The zero-order valence-electron chi connectivity index (χ0n) is 12.9. The molecule has 112 valence electrons. The largest absolute Gasteiger partial charge is 0.309 e. The van der Waals surface area contributed by atoms with Crippen LogP contribution in [0.3, 0.4) is 0 Å². The first-order valence-corrected chi connectivity index (χ1v) is 9.91. The van der Waals surface area contributed by atoms with Gasteiger partial charge in [-0.2, -0.15) is 23.5 Å². The SMILES string of the molecule is CCCc1ccc(C(NCC)C2SCCSC2C)cc1. The van der Waals surface area contributed by atoms with E-state index < -0.39 is 0 Å². The van der Waals surface area contributed by atoms with E-state index in [0.29, 0.717) is 11.3 Å². The normalized spacial score (nSPS) is 24.6. The first-order valence-electron chi connectivity index (χ1n) is 7.81. The summed E-state index contributed by atoms with van der Waals surface area (Å²) in [6, 6.07) is 9.79. The van der Waals surface area contributed by atoms with E-state index in [1.807, 2.05) is 0 Å². The van der Waals surface area contributed by atoms with Gasteiger partial charge in [-0.1, -0.05) is 51.5 Å². The minimum atomic E-state index is 0.489. The van der Waals surface area contributed by atoms with E-state index in [0.717, 1.165) is 11.8 Å². The van der Waals surface area contributed by atoms with E-state index in [-0.39, 0.29) is 0 Å². The Balaban J connectivity index is 2.14. The molecule has 0 radical (unpaired) electrons. The van der Waals surface area contributed by atoms with Crippen LogP contribution in [-0.4, -0.2) is 28.6 Å². The van der Waals surface area contributed by atoms with Crippen LogP contribution in [0.2, 0.25) is 0 Å². The van der Waals surface area contributed by atoms with Gasteiger partial charge < -0.3 is 5.32 Å². The Labute approximate surface area is 132 Å². The molecule has 1 aromatic rings. The molecule has 1 aromatic carbocycles. The van der Waals surface area contributed by atoms with E-state index in [4.69, 9.17) is 0 Å². The molecule has 0 bridgehead atoms. The van der Waals surface area contributed by atoms with Gasteiger partial charge >= 0.3 is 0 Å². The molecule has 2 rings (SSSR count). The average Bonchev–Trinajstić information content (AvgIpc) is 2.47. The van der Waals surface area contributed by atoms with Gasteiger partial charge in [-0.15, -0.1) is 0 Å². The molecule has 3 unspecified atom stereocenters. The zero-order valence-corrected chi connectivity index (χ0v) is 14.5. The number of hydrogen-bond donors (Lipinski definition) is 1. The van der Waals surface area contributed by atoms with Gasteiger partial charge in [-0.25, -0.2) is 0 Å². The average molecular weight is 310 g/mol. The van der Waals surface area contributed by atoms with Gasteiger partial charge in [0.25, 0.3) is 0 Å². The Hall–Kier alpha value is -0.120. The molecule has 0 saturated carbocycles. The molecule has 1 fully saturated rings. The zero-order chi connectivity index (χ0) is 14.4. The lowest BCUT2D eigenvalue weighted by Crippen LogP contribution is -2.37. The summed E-state index contributed by atoms with van der Waals surface area (Å²) in [6.45, 7) is 7.88. The van der Waals surface area contributed by atoms with Crippen molar-refractivity contribution < 1.29 is 0 Å². The van der Waals surface area contributed by atoms with E-state index in [2.05, 4.69) is 73.9 Å². The maximum Gasteiger partial charge on any atom is 0.0451 e. The third-order valence-corrected chi connectivity index (χ3v) is 7.06. The second kappa shape index (κ2) is 8.35. The van der Waals surface area contributed by atoms with Crippen LogP contribution in [-0.2, 0) is 6.42 Å². The van der Waals surface area contributed by atoms with Gasteiger partial charge in [-0.3, -0.25) is 0 Å². The molecule has 0 aromatic heterocycles. The summed E-state index contributed by atoms with van der Waals surface area (Å²) in [5, 5.41) is 5.13. The van der Waals surface area contributed by atoms with Gasteiger partial charge in [0.05, 0.1) is 0 Å². The lowest BCUT2D eigenvalue weighted by atomic mass is 9.99. The van der Waals surface area contributed by atoms with Crippen LogP contribution in [0.1, 0.15) is 44.4 Å². The predicted octanol–water partition coefficient (Wildman–Crippen LogP) is 4.53. The molecule has 1 N–H and O–H groups in total. The van der Waals surface area contributed by atoms with Gasteiger partial charge in [-0.05, 0) is 24.1 Å². The van der Waals surface area contributed by atoms with Crippen molar-refractivity contribution in [1.29, 1.82) is 0 Å². The topological polar surface area (TPSA) is 12.0 Å². The molecular weight excluding hydrogens is 282 g/mol. The number of benzene rings is 1. The van der Waals surface area contributed by atoms with Gasteiger partial charge in [0.2, 0.25) is 0 Å². The highest BCUT2D eigenvalue weighted by Crippen LogP contribution is 2.38. The first-order chi connectivity index (χ1) is 9.76. The maximum absolute atomic E-state index is 3.72. The summed E-state index contributed by atoms with van der Waals surface area (Å²) >= 11 is 4.27. The second-order valence-corrected chi connectivity index (χ2v) is 8.21. The minimum absolute atomic E-state index is 0.489. The van der Waals surface area contributed by atoms with Crippen LogP contribution in [0.25, 0.3) is 0 Å². The second-order valence-electron chi connectivity index (χ2n) is 5.44. The highest BCUT2D eigenvalue weighted by Gasteiger charge is 2.30. The fourth-order valence-corrected chi connectivity index (χ4v) is 5.79. The lowest BCUT2D eigenvalue weighted by Gasteiger charge is -2.35. The Bertz CT molecular complexity index is 390. The molecule has 1 saturated heterocycles. The molecule has 0 aliphatic carbocycles. The molecule has 3 heteroatoms. The van der Waals surface area contributed by atoms with Crippen molar-refractivity contribution in [2.24, 2.45) is 0 Å². The van der Waals surface area contributed by atoms with E-state index in [1.165, 1.54) is 35.5 Å². The van der Waals surface area contributed by atoms with Crippen molar-refractivity contribution in [2.75, 3.05) is 18.1 Å². The van der Waals surface area contributed by atoms with Crippen molar-refractivity contribution in [2.45, 2.75) is 50.2 Å². The number of thioether (sulfide) groups is 2. The number of hydrogen-bond acceptors (Lipinski definition) is 3. The third kappa shape index (κ3) is 4.19. The van der Waals surface area contributed by atoms with Crippen molar-refractivity contribution in [3.8, 4) is 0 Å². The van der Waals surface area contributed by atoms with Gasteiger partial charge in [0.15, 0.2) is 0 Å². The number of aryl methyl sites for hydroxylation is 1. The Morgan fingerprint density at radius 2 is 1.85 bits per heavy atom. The maximum atomic E-state index is 3.72. The predicted molar refractivity (Wildman–Crippen MR) is 95.0 cm³/mol. The molecule has 20 heavy (non-hydrogen) atoms. The Kier molecular flexibility index (Phi) is 6.79. The van der Waals surface area contributed by atoms with Crippen LogP contribution in [0.5, 0.6) is 0 Å². The molecule has 1 nitrogen and oxygen atoms in total. The summed E-state index contributed by atoms with van der Waals surface area (Å²) < 4.78 is 0. The van der Waals surface area contributed by atoms with Crippen molar-refractivity contribution in [3.63, 3.8) is 0 Å². The Morgan fingerprint density at radius 1 is 1.15 bits per heavy atom. The first kappa shape index (κ1) is 16.3. The quantitative estimate of drug-likeness (QED) is 0.829. The summed E-state index contributed by atoms with van der Waals surface area (Å²) in [6.07, 6.45) is 2.42. The minimum Gasteiger partial charge on any atom is -0.309 e. The molecule has 1 heterocycles. The van der Waals surface area contributed by atoms with Gasteiger partial charge in [0.1, 0.15) is 0 Å². The van der Waals surface area contributed by atoms with Crippen molar-refractivity contribution in [3.05, 3.63) is 35.4 Å². The summed E-state index contributed by atoms with van der Waals surface area (Å²) in [5.41, 5.74) is 2.92. The fraction of sp³-hybridized carbons (Fsp3) is 0.647. The highest BCUT2D eigenvalue weighted by molar-refractivity contribution is 8.07. The Morgan fingerprint density at radius 3 is 2.45 bits per heavy atom. The molecule has 0 amide bonds. The smallest absolute Gasteiger partial charge is 0.0451 e. The van der Waals surface area contributed by atoms with Crippen molar-refractivity contribution in [1.82, 2.24) is 5.32 Å². The van der Waals surface area contributed by atoms with Crippen LogP contribution >= 0.6 is 23.5 Å². The van der Waals surface area contributed by atoms with Crippen molar-refractivity contribution >= 4 is 23.5 Å². The van der Waals surface area contributed by atoms with Gasteiger partial charge in [0, 0.05) is 28.0 Å². The molecule has 1 aliphatic heterocycles. The molecule has 3 atom stereocenters. The van der Waals surface area contributed by atoms with E-state index in [9.17, 15) is 0 Å². The molecular formula is C17H27NS2. The van der Waals surface area contributed by atoms with Crippen LogP contribution < -0.4 is 5.32 Å². The number of nitrogens with one attached hydrogen (secondary N) is 1. The lowest BCUT2D eigenvalue weighted by molar-refractivity contribution is 0.525. The number of rotatable bonds is 6. The van der Waals surface area contributed by atoms with E-state index >= 15 is 0 Å². The molecule has 1 aliphatic rings. The van der Waals surface area contributed by atoms with Crippen LogP contribution in [0, 0.1) is 0 Å². The standard InChI is InChI=1S/C17H27NS2/c1-4-6-14-7-9-15(10-8-14)16(18-5-2)17-13(3)19-11-12-20-17/h7-10,13,16-18H,4-6,11-12H2,1-3H3. The third-order valence-electron chi connectivity index (χ3n) is 3.87. The van der Waals surface area contributed by atoms with Crippen LogP contribution in [0.15, 0.2) is 24.3 Å². The van der Waals surface area contributed by atoms with E-state index in [1.54, 1.807) is 0 Å². The monoisotopic (exact) mass is 309 g/mol. The fourth-order valence-electron chi connectivity index (χ4n) is 2.84. The highest BCUT2D eigenvalue weighted by atomic mass is 32.2. The molecule has 0 spiro atoms. The summed E-state index contributed by atoms with van der Waals surface area (Å²) in [4.78, 5) is 0.